The van der Waals surface area contributed by atoms with Crippen molar-refractivity contribution in [2.45, 2.75) is 6.61 Å². The molecule has 1 aliphatic heterocycles. The van der Waals surface area contributed by atoms with Gasteiger partial charge in [0.25, 0.3) is 0 Å². The van der Waals surface area contributed by atoms with Crippen LogP contribution in [0.2, 0.25) is 0 Å². The highest BCUT2D eigenvalue weighted by Gasteiger charge is 2.24. The number of rotatable bonds is 5. The number of carbonyl (C=O) groups is 1. The first-order valence-electron chi connectivity index (χ1n) is 10.1. The van der Waals surface area contributed by atoms with E-state index in [-0.39, 0.29) is 5.70 Å². The summed E-state index contributed by atoms with van der Waals surface area (Å²) in [6.07, 6.45) is 1.70. The molecular weight excluding hydrogens is 466 g/mol. The molecule has 0 spiro atoms. The molecule has 0 amide bonds. The standard InChI is InChI=1S/C27H18BrNO3/c28-23-11-5-3-10-22(23)17-31-25-12-6-4-9-20(25)16-24-27(30)32-26(29-24)21-14-13-18-7-1-2-8-19(18)15-21/h1-16H,17H2/b24-16-. The molecule has 5 rings (SSSR count). The van der Waals surface area contributed by atoms with Crippen LogP contribution in [-0.4, -0.2) is 11.9 Å². The summed E-state index contributed by atoms with van der Waals surface area (Å²) in [4.78, 5) is 17.0. The van der Waals surface area contributed by atoms with Crippen LogP contribution in [0, 0.1) is 0 Å². The van der Waals surface area contributed by atoms with Crippen LogP contribution in [0.1, 0.15) is 16.7 Å². The van der Waals surface area contributed by atoms with Crippen LogP contribution >= 0.6 is 15.9 Å². The molecule has 0 N–H and O–H groups in total. The van der Waals surface area contributed by atoms with Crippen LogP contribution in [-0.2, 0) is 16.1 Å². The van der Waals surface area contributed by atoms with E-state index in [2.05, 4.69) is 20.9 Å². The van der Waals surface area contributed by atoms with Crippen molar-refractivity contribution >= 4 is 44.6 Å². The molecule has 0 aromatic heterocycles. The van der Waals surface area contributed by atoms with Crippen molar-refractivity contribution in [1.29, 1.82) is 0 Å². The molecule has 5 heteroatoms. The lowest BCUT2D eigenvalue weighted by molar-refractivity contribution is -0.129. The number of esters is 1. The summed E-state index contributed by atoms with van der Waals surface area (Å²) in [5.74, 6) is 0.491. The molecule has 0 bridgehead atoms. The number of fused-ring (bicyclic) bond motifs is 1. The van der Waals surface area contributed by atoms with Crippen molar-refractivity contribution in [2.24, 2.45) is 4.99 Å². The highest BCUT2D eigenvalue weighted by molar-refractivity contribution is 9.10. The SMILES string of the molecule is O=C1OC(c2ccc3ccccc3c2)=N/C1=C\c1ccccc1OCc1ccccc1Br. The number of halogens is 1. The second-order valence-electron chi connectivity index (χ2n) is 7.32. The minimum Gasteiger partial charge on any atom is -0.488 e. The Hall–Kier alpha value is -3.70. The lowest BCUT2D eigenvalue weighted by Gasteiger charge is -2.10. The summed E-state index contributed by atoms with van der Waals surface area (Å²) in [6, 6.07) is 29.4. The van der Waals surface area contributed by atoms with Gasteiger partial charge in [-0.2, -0.15) is 0 Å². The van der Waals surface area contributed by atoms with Crippen molar-refractivity contribution < 1.29 is 14.3 Å². The quantitative estimate of drug-likeness (QED) is 0.239. The predicted octanol–water partition coefficient (Wildman–Crippen LogP) is 6.53. The molecule has 32 heavy (non-hydrogen) atoms. The van der Waals surface area contributed by atoms with Crippen molar-refractivity contribution in [1.82, 2.24) is 0 Å². The molecule has 0 saturated heterocycles. The molecule has 1 heterocycles. The Balaban J connectivity index is 1.42. The van der Waals surface area contributed by atoms with E-state index in [1.165, 1.54) is 0 Å². The Morgan fingerprint density at radius 2 is 1.62 bits per heavy atom. The normalized spacial score (nSPS) is 14.5. The van der Waals surface area contributed by atoms with Gasteiger partial charge >= 0.3 is 5.97 Å². The van der Waals surface area contributed by atoms with Gasteiger partial charge in [-0.3, -0.25) is 0 Å². The Kier molecular flexibility index (Phi) is 5.57. The van der Waals surface area contributed by atoms with Gasteiger partial charge in [0.1, 0.15) is 12.4 Å². The van der Waals surface area contributed by atoms with E-state index in [0.717, 1.165) is 31.9 Å². The number of ether oxygens (including phenoxy) is 2. The summed E-state index contributed by atoms with van der Waals surface area (Å²) < 4.78 is 12.5. The maximum Gasteiger partial charge on any atom is 0.363 e. The van der Waals surface area contributed by atoms with Gasteiger partial charge in [0, 0.05) is 21.2 Å². The van der Waals surface area contributed by atoms with Crippen molar-refractivity contribution in [2.75, 3.05) is 0 Å². The van der Waals surface area contributed by atoms with Gasteiger partial charge in [0.2, 0.25) is 5.90 Å². The van der Waals surface area contributed by atoms with E-state index < -0.39 is 5.97 Å². The number of para-hydroxylation sites is 1. The molecule has 4 aromatic carbocycles. The monoisotopic (exact) mass is 483 g/mol. The molecular formula is C27H18BrNO3. The van der Waals surface area contributed by atoms with E-state index in [9.17, 15) is 4.79 Å². The number of aliphatic imine (C=N–C) groups is 1. The van der Waals surface area contributed by atoms with Crippen molar-refractivity contribution in [3.05, 3.63) is 118 Å². The summed E-state index contributed by atoms with van der Waals surface area (Å²) >= 11 is 3.54. The second kappa shape index (κ2) is 8.81. The smallest absolute Gasteiger partial charge is 0.363 e. The van der Waals surface area contributed by atoms with Crippen molar-refractivity contribution in [3.8, 4) is 5.75 Å². The number of nitrogens with zero attached hydrogens (tertiary/aromatic N) is 1. The van der Waals surface area contributed by atoms with Gasteiger partial charge in [-0.05, 0) is 41.1 Å². The molecule has 0 radical (unpaired) electrons. The summed E-state index contributed by atoms with van der Waals surface area (Å²) in [5, 5.41) is 2.18. The average molecular weight is 484 g/mol. The first-order chi connectivity index (χ1) is 15.7. The van der Waals surface area contributed by atoms with Crippen LogP contribution in [0.5, 0.6) is 5.75 Å². The molecule has 0 unspecified atom stereocenters. The lowest BCUT2D eigenvalue weighted by Crippen LogP contribution is -2.05. The van der Waals surface area contributed by atoms with Crippen LogP contribution in [0.25, 0.3) is 16.8 Å². The highest BCUT2D eigenvalue weighted by Crippen LogP contribution is 2.27. The fourth-order valence-corrected chi connectivity index (χ4v) is 3.90. The summed E-state index contributed by atoms with van der Waals surface area (Å²) in [6.45, 7) is 0.400. The maximum absolute atomic E-state index is 12.5. The first-order valence-corrected chi connectivity index (χ1v) is 10.9. The van der Waals surface area contributed by atoms with Crippen LogP contribution in [0.4, 0.5) is 0 Å². The zero-order valence-corrected chi connectivity index (χ0v) is 18.6. The van der Waals surface area contributed by atoms with Crippen LogP contribution in [0.3, 0.4) is 0 Å². The highest BCUT2D eigenvalue weighted by atomic mass is 79.9. The molecule has 0 saturated carbocycles. The third-order valence-corrected chi connectivity index (χ3v) is 5.94. The Morgan fingerprint density at radius 1 is 0.875 bits per heavy atom. The van der Waals surface area contributed by atoms with Gasteiger partial charge in [-0.15, -0.1) is 0 Å². The third kappa shape index (κ3) is 4.20. The van der Waals surface area contributed by atoms with E-state index >= 15 is 0 Å². The van der Waals surface area contributed by atoms with E-state index in [1.54, 1.807) is 6.08 Å². The Morgan fingerprint density at radius 3 is 2.50 bits per heavy atom. The molecule has 0 fully saturated rings. The van der Waals surface area contributed by atoms with Gasteiger partial charge in [0.05, 0.1) is 0 Å². The Labute approximate surface area is 194 Å². The average Bonchev–Trinajstić information content (AvgIpc) is 3.19. The number of cyclic esters (lactones) is 1. The van der Waals surface area contributed by atoms with Gasteiger partial charge in [-0.25, -0.2) is 9.79 Å². The maximum atomic E-state index is 12.5. The van der Waals surface area contributed by atoms with Gasteiger partial charge in [0.15, 0.2) is 5.70 Å². The minimum atomic E-state index is -0.478. The minimum absolute atomic E-state index is 0.241. The summed E-state index contributed by atoms with van der Waals surface area (Å²) in [5.41, 5.74) is 2.80. The Bertz CT molecular complexity index is 1390. The van der Waals surface area contributed by atoms with E-state index in [4.69, 9.17) is 9.47 Å². The van der Waals surface area contributed by atoms with Crippen LogP contribution in [0.15, 0.2) is 106 Å². The molecule has 156 valence electrons. The number of hydrogen-bond donors (Lipinski definition) is 0. The predicted molar refractivity (Wildman–Crippen MR) is 129 cm³/mol. The molecule has 4 nitrogen and oxygen atoms in total. The van der Waals surface area contributed by atoms with E-state index in [1.807, 2.05) is 91.0 Å². The largest absolute Gasteiger partial charge is 0.488 e. The fraction of sp³-hybridized carbons (Fsp3) is 0.0370. The number of benzene rings is 4. The van der Waals surface area contributed by atoms with Gasteiger partial charge in [-0.1, -0.05) is 82.7 Å². The van der Waals surface area contributed by atoms with Crippen molar-refractivity contribution in [3.63, 3.8) is 0 Å². The zero-order valence-electron chi connectivity index (χ0n) is 17.0. The number of carbonyl (C=O) groups excluding carboxylic acids is 1. The molecule has 0 atom stereocenters. The second-order valence-corrected chi connectivity index (χ2v) is 8.17. The zero-order chi connectivity index (χ0) is 21.9. The van der Waals surface area contributed by atoms with E-state index in [0.29, 0.717) is 18.3 Å². The fourth-order valence-electron chi connectivity index (χ4n) is 3.50. The molecule has 1 aliphatic rings. The number of hydrogen-bond acceptors (Lipinski definition) is 4. The van der Waals surface area contributed by atoms with Gasteiger partial charge < -0.3 is 9.47 Å². The third-order valence-electron chi connectivity index (χ3n) is 5.17. The van der Waals surface area contributed by atoms with Crippen LogP contribution < -0.4 is 4.74 Å². The molecule has 0 aliphatic carbocycles. The summed E-state index contributed by atoms with van der Waals surface area (Å²) in [7, 11) is 0. The molecule has 4 aromatic rings. The topological polar surface area (TPSA) is 47.9 Å². The lowest BCUT2D eigenvalue weighted by atomic mass is 10.1. The first kappa shape index (κ1) is 20.2.